The summed E-state index contributed by atoms with van der Waals surface area (Å²) in [4.78, 5) is 10.3. The highest BCUT2D eigenvalue weighted by Gasteiger charge is 2.17. The summed E-state index contributed by atoms with van der Waals surface area (Å²) >= 11 is 0. The molecule has 0 aliphatic rings. The number of hydrogen-bond donors (Lipinski definition) is 0. The molecule has 0 heterocycles. The van der Waals surface area contributed by atoms with Crippen LogP contribution in [0.4, 0.5) is 4.39 Å². The van der Waals surface area contributed by atoms with Gasteiger partial charge in [0.2, 0.25) is 0 Å². The molecule has 0 atom stereocenters. The third kappa shape index (κ3) is 3.17. The molecule has 6 heteroatoms. The first-order valence-electron chi connectivity index (χ1n) is 5.26. The number of carbonyl (C=O) groups excluding carboxylic acids is 1. The van der Waals surface area contributed by atoms with Gasteiger partial charge in [-0.2, -0.15) is 8.42 Å². The predicted molar refractivity (Wildman–Crippen MR) is 66.0 cm³/mol. The molecule has 0 unspecified atom stereocenters. The van der Waals surface area contributed by atoms with Gasteiger partial charge < -0.3 is 4.18 Å². The highest BCUT2D eigenvalue weighted by molar-refractivity contribution is 7.87. The third-order valence-corrected chi connectivity index (χ3v) is 3.53. The summed E-state index contributed by atoms with van der Waals surface area (Å²) in [5, 5.41) is 0. The van der Waals surface area contributed by atoms with Gasteiger partial charge >= 0.3 is 10.1 Å². The van der Waals surface area contributed by atoms with Crippen molar-refractivity contribution in [3.8, 4) is 5.75 Å². The summed E-state index contributed by atoms with van der Waals surface area (Å²) in [7, 11) is -4.12. The molecule has 19 heavy (non-hydrogen) atoms. The van der Waals surface area contributed by atoms with Crippen molar-refractivity contribution in [2.45, 2.75) is 4.90 Å². The minimum atomic E-state index is -4.12. The minimum absolute atomic E-state index is 0.00568. The molecular formula is C13H9FO4S. The van der Waals surface area contributed by atoms with Crippen molar-refractivity contribution >= 4 is 16.4 Å². The average molecular weight is 280 g/mol. The van der Waals surface area contributed by atoms with Gasteiger partial charge in [0.15, 0.2) is 0 Å². The number of halogens is 1. The van der Waals surface area contributed by atoms with Crippen LogP contribution in [0.2, 0.25) is 0 Å². The highest BCUT2D eigenvalue weighted by Crippen LogP contribution is 2.19. The van der Waals surface area contributed by atoms with Crippen molar-refractivity contribution in [2.75, 3.05) is 0 Å². The van der Waals surface area contributed by atoms with E-state index in [1.54, 1.807) is 0 Å². The fourth-order valence-corrected chi connectivity index (χ4v) is 2.39. The topological polar surface area (TPSA) is 60.4 Å². The van der Waals surface area contributed by atoms with Crippen LogP contribution < -0.4 is 4.18 Å². The molecule has 0 radical (unpaired) electrons. The van der Waals surface area contributed by atoms with E-state index in [1.807, 2.05) is 0 Å². The Hall–Kier alpha value is -2.21. The largest absolute Gasteiger partial charge is 0.379 e. The molecule has 0 N–H and O–H groups in total. The standard InChI is InChI=1S/C13H9FO4S/c14-11-4-2-6-13(8-11)19(16,17)18-12-5-1-3-10(7-12)9-15/h1-9H. The predicted octanol–water partition coefficient (Wildman–Crippen LogP) is 2.41. The molecule has 98 valence electrons. The number of benzene rings is 2. The van der Waals surface area contributed by atoms with Gasteiger partial charge in [-0.15, -0.1) is 0 Å². The Kier molecular flexibility index (Phi) is 3.62. The van der Waals surface area contributed by atoms with E-state index in [9.17, 15) is 17.6 Å². The van der Waals surface area contributed by atoms with E-state index in [0.717, 1.165) is 12.1 Å². The SMILES string of the molecule is O=Cc1cccc(OS(=O)(=O)c2cccc(F)c2)c1. The molecule has 2 aromatic rings. The monoisotopic (exact) mass is 280 g/mol. The maximum atomic E-state index is 13.0. The van der Waals surface area contributed by atoms with E-state index >= 15 is 0 Å². The first kappa shape index (κ1) is 13.2. The van der Waals surface area contributed by atoms with Crippen molar-refractivity contribution < 1.29 is 21.8 Å². The molecule has 0 aliphatic carbocycles. The van der Waals surface area contributed by atoms with E-state index in [-0.39, 0.29) is 16.2 Å². The normalized spacial score (nSPS) is 11.0. The van der Waals surface area contributed by atoms with Gasteiger partial charge in [-0.25, -0.2) is 4.39 Å². The fourth-order valence-electron chi connectivity index (χ4n) is 1.44. The van der Waals surface area contributed by atoms with Crippen LogP contribution in [-0.2, 0) is 10.1 Å². The Morgan fingerprint density at radius 3 is 2.47 bits per heavy atom. The lowest BCUT2D eigenvalue weighted by Gasteiger charge is -2.07. The number of carbonyl (C=O) groups is 1. The molecule has 0 spiro atoms. The summed E-state index contributed by atoms with van der Waals surface area (Å²) < 4.78 is 41.6. The van der Waals surface area contributed by atoms with E-state index < -0.39 is 15.9 Å². The first-order chi connectivity index (χ1) is 9.01. The van der Waals surface area contributed by atoms with Crippen LogP contribution in [0, 0.1) is 5.82 Å². The maximum Gasteiger partial charge on any atom is 0.339 e. The van der Waals surface area contributed by atoms with Crippen LogP contribution in [0.5, 0.6) is 5.75 Å². The molecule has 0 aliphatic heterocycles. The Morgan fingerprint density at radius 1 is 1.05 bits per heavy atom. The summed E-state index contributed by atoms with van der Waals surface area (Å²) in [5.74, 6) is -0.680. The van der Waals surface area contributed by atoms with Gasteiger partial charge in [-0.1, -0.05) is 18.2 Å². The summed E-state index contributed by atoms with van der Waals surface area (Å²) in [6.45, 7) is 0. The molecule has 0 saturated carbocycles. The Labute approximate surface area is 109 Å². The third-order valence-electron chi connectivity index (χ3n) is 2.28. The molecule has 0 amide bonds. The molecule has 2 rings (SSSR count). The van der Waals surface area contributed by atoms with Crippen LogP contribution in [0.25, 0.3) is 0 Å². The summed E-state index contributed by atoms with van der Waals surface area (Å²) in [6.07, 6.45) is 0.571. The van der Waals surface area contributed by atoms with Crippen molar-refractivity contribution in [1.82, 2.24) is 0 Å². The van der Waals surface area contributed by atoms with Gasteiger partial charge in [0.25, 0.3) is 0 Å². The van der Waals surface area contributed by atoms with Crippen molar-refractivity contribution in [3.05, 3.63) is 59.9 Å². The van der Waals surface area contributed by atoms with Crippen LogP contribution in [0.3, 0.4) is 0 Å². The molecule has 4 nitrogen and oxygen atoms in total. The molecule has 0 aromatic heterocycles. The van der Waals surface area contributed by atoms with Crippen molar-refractivity contribution in [3.63, 3.8) is 0 Å². The van der Waals surface area contributed by atoms with E-state index in [0.29, 0.717) is 6.29 Å². The molecule has 0 saturated heterocycles. The smallest absolute Gasteiger partial charge is 0.339 e. The summed E-state index contributed by atoms with van der Waals surface area (Å²) in [5.41, 5.74) is 0.284. The second-order valence-electron chi connectivity index (χ2n) is 3.69. The molecule has 2 aromatic carbocycles. The molecule has 0 fully saturated rings. The lowest BCUT2D eigenvalue weighted by atomic mass is 10.2. The second kappa shape index (κ2) is 5.19. The Bertz CT molecular complexity index is 710. The number of rotatable bonds is 4. The van der Waals surface area contributed by atoms with Crippen LogP contribution in [0.15, 0.2) is 53.4 Å². The quantitative estimate of drug-likeness (QED) is 0.637. The van der Waals surface area contributed by atoms with E-state index in [2.05, 4.69) is 0 Å². The second-order valence-corrected chi connectivity index (χ2v) is 5.23. The van der Waals surface area contributed by atoms with Gasteiger partial charge in [-0.05, 0) is 30.3 Å². The van der Waals surface area contributed by atoms with Crippen LogP contribution >= 0.6 is 0 Å². The van der Waals surface area contributed by atoms with Gasteiger partial charge in [0.05, 0.1) is 0 Å². The number of hydrogen-bond acceptors (Lipinski definition) is 4. The van der Waals surface area contributed by atoms with Crippen molar-refractivity contribution in [2.24, 2.45) is 0 Å². The van der Waals surface area contributed by atoms with E-state index in [1.165, 1.54) is 36.4 Å². The minimum Gasteiger partial charge on any atom is -0.379 e. The zero-order chi connectivity index (χ0) is 13.9. The average Bonchev–Trinajstić information content (AvgIpc) is 2.38. The van der Waals surface area contributed by atoms with E-state index in [4.69, 9.17) is 4.18 Å². The van der Waals surface area contributed by atoms with Crippen LogP contribution in [0.1, 0.15) is 10.4 Å². The zero-order valence-corrected chi connectivity index (χ0v) is 10.4. The summed E-state index contributed by atoms with van der Waals surface area (Å²) in [6, 6.07) is 10.2. The lowest BCUT2D eigenvalue weighted by molar-refractivity contribution is 0.112. The Morgan fingerprint density at radius 2 is 1.79 bits per heavy atom. The Balaban J connectivity index is 2.33. The van der Waals surface area contributed by atoms with Gasteiger partial charge in [0, 0.05) is 5.56 Å². The number of aldehydes is 1. The highest BCUT2D eigenvalue weighted by atomic mass is 32.2. The maximum absolute atomic E-state index is 13.0. The van der Waals surface area contributed by atoms with Crippen LogP contribution in [-0.4, -0.2) is 14.7 Å². The lowest BCUT2D eigenvalue weighted by Crippen LogP contribution is -2.10. The molecule has 0 bridgehead atoms. The zero-order valence-electron chi connectivity index (χ0n) is 9.62. The molecular weight excluding hydrogens is 271 g/mol. The van der Waals surface area contributed by atoms with Crippen molar-refractivity contribution in [1.29, 1.82) is 0 Å². The van der Waals surface area contributed by atoms with Gasteiger partial charge in [0.1, 0.15) is 22.7 Å². The fraction of sp³-hybridized carbons (Fsp3) is 0. The van der Waals surface area contributed by atoms with Gasteiger partial charge in [-0.3, -0.25) is 4.79 Å². The first-order valence-corrected chi connectivity index (χ1v) is 6.67.